The molecule has 2 aliphatic rings. The van der Waals surface area contributed by atoms with E-state index in [4.69, 9.17) is 10.2 Å². The molecule has 6 nitrogen and oxygen atoms in total. The molecule has 442 valence electrons. The van der Waals surface area contributed by atoms with Crippen molar-refractivity contribution in [1.82, 2.24) is 13.7 Å². The number of nitriles is 1. The molecule has 92 heavy (non-hydrogen) atoms. The monoisotopic (exact) mass is 1190 g/mol. The van der Waals surface area contributed by atoms with Crippen molar-refractivity contribution in [3.63, 3.8) is 0 Å². The normalized spacial score (nSPS) is 14.3. The number of ether oxygens (including phenoxy) is 1. The van der Waals surface area contributed by atoms with Crippen molar-refractivity contribution in [3.8, 4) is 56.9 Å². The number of aromatic nitrogens is 3. The van der Waals surface area contributed by atoms with Gasteiger partial charge in [-0.1, -0.05) is 196 Å². The summed E-state index contributed by atoms with van der Waals surface area (Å²) in [7, 11) is 0. The first-order valence-electron chi connectivity index (χ1n) is 35.6. The molecule has 12 aromatic carbocycles. The SMILES string of the molecule is [2H]c1c([2H])c([2H])c2c(c1[2H])c1c([2H])c([2H])c([2H])c([2H])c1n2-c1ccc2c(c1)Oc1cc(-c3cc(C#N)ccc3-n3c4ccccc4c4ccccc43)cc3c1B2c1ccc(-n2c4ccc(C(C)(C)C)cc4c4cc(C(C)(C)C)ccc42)cc1N3c1ccc(C(C)(C)C)cc1-c1ccccc1. The first-order chi connectivity index (χ1) is 47.8. The molecule has 0 bridgehead atoms. The van der Waals surface area contributed by atoms with Crippen molar-refractivity contribution in [2.45, 2.75) is 78.6 Å². The van der Waals surface area contributed by atoms with Gasteiger partial charge in [0.2, 0.25) is 0 Å². The number of hydrogen-bond donors (Lipinski definition) is 0. The van der Waals surface area contributed by atoms with E-state index in [2.05, 4.69) is 240 Å². The van der Waals surface area contributed by atoms with Gasteiger partial charge in [-0.15, -0.1) is 0 Å². The second-order valence-electron chi connectivity index (χ2n) is 27.9. The lowest BCUT2D eigenvalue weighted by Crippen LogP contribution is -2.59. The van der Waals surface area contributed by atoms with Crippen molar-refractivity contribution >= 4 is 106 Å². The van der Waals surface area contributed by atoms with Gasteiger partial charge in [0.15, 0.2) is 0 Å². The molecule has 0 N–H and O–H groups in total. The first-order valence-corrected chi connectivity index (χ1v) is 31.6. The first kappa shape index (κ1) is 47.2. The fourth-order valence-electron chi connectivity index (χ4n) is 14.6. The third-order valence-corrected chi connectivity index (χ3v) is 19.2. The van der Waals surface area contributed by atoms with Gasteiger partial charge in [-0.3, -0.25) is 0 Å². The van der Waals surface area contributed by atoms with E-state index >= 15 is 0 Å². The maximum atomic E-state index is 11.0. The van der Waals surface area contributed by atoms with Crippen LogP contribution >= 0.6 is 0 Å². The Bertz CT molecular complexity index is 5960. The molecule has 2 aliphatic heterocycles. The Morgan fingerprint density at radius 3 is 1.52 bits per heavy atom. The Labute approximate surface area is 548 Å². The van der Waals surface area contributed by atoms with Crippen molar-refractivity contribution in [3.05, 3.63) is 271 Å². The highest BCUT2D eigenvalue weighted by atomic mass is 16.5. The minimum absolute atomic E-state index is 0.0101. The number of hydrogen-bond acceptors (Lipinski definition) is 3. The second-order valence-corrected chi connectivity index (χ2v) is 27.9. The number of fused-ring (bicyclic) bond motifs is 13. The predicted molar refractivity (Wildman–Crippen MR) is 387 cm³/mol. The number of anilines is 3. The van der Waals surface area contributed by atoms with Crippen LogP contribution in [0.1, 0.15) is 95.5 Å². The Balaban J connectivity index is 1.00. The van der Waals surface area contributed by atoms with Gasteiger partial charge in [0.1, 0.15) is 11.5 Å². The lowest BCUT2D eigenvalue weighted by molar-refractivity contribution is 0.487. The molecule has 0 atom stereocenters. The zero-order chi connectivity index (χ0) is 69.7. The summed E-state index contributed by atoms with van der Waals surface area (Å²) in [5.74, 6) is 0.959. The predicted octanol–water partition coefficient (Wildman–Crippen LogP) is 20.5. The van der Waals surface area contributed by atoms with Gasteiger partial charge in [-0.25, -0.2) is 0 Å². The molecular formula is C85H68BN5O. The van der Waals surface area contributed by atoms with E-state index in [1.54, 1.807) is 4.57 Å². The molecule has 5 heterocycles. The Hall–Kier alpha value is -10.8. The van der Waals surface area contributed by atoms with Crippen LogP contribution < -0.4 is 26.0 Å². The summed E-state index contributed by atoms with van der Waals surface area (Å²) in [5, 5.41) is 15.4. The van der Waals surface area contributed by atoms with Gasteiger partial charge < -0.3 is 23.3 Å². The minimum atomic E-state index is -0.515. The van der Waals surface area contributed by atoms with Gasteiger partial charge in [0.25, 0.3) is 6.71 Å². The van der Waals surface area contributed by atoms with Gasteiger partial charge >= 0.3 is 0 Å². The summed E-state index contributed by atoms with van der Waals surface area (Å²) < 4.78 is 87.0. The zero-order valence-corrected chi connectivity index (χ0v) is 52.8. The smallest absolute Gasteiger partial charge is 0.256 e. The van der Waals surface area contributed by atoms with Crippen LogP contribution in [0.3, 0.4) is 0 Å². The summed E-state index contributed by atoms with van der Waals surface area (Å²) in [5.41, 5.74) is 18.9. The lowest BCUT2D eigenvalue weighted by Gasteiger charge is -2.41. The highest BCUT2D eigenvalue weighted by Gasteiger charge is 2.44. The third-order valence-electron chi connectivity index (χ3n) is 19.2. The molecule has 0 saturated carbocycles. The third kappa shape index (κ3) is 8.46. The highest BCUT2D eigenvalue weighted by Crippen LogP contribution is 2.50. The van der Waals surface area contributed by atoms with Crippen LogP contribution in [0, 0.1) is 11.3 Å². The fourth-order valence-corrected chi connectivity index (χ4v) is 14.6. The number of rotatable bonds is 6. The van der Waals surface area contributed by atoms with Gasteiger partial charge in [-0.05, 0) is 170 Å². The average molecular weight is 1190 g/mol. The van der Waals surface area contributed by atoms with Crippen molar-refractivity contribution < 1.29 is 15.7 Å². The Kier molecular flexibility index (Phi) is 10.3. The molecule has 15 aromatic rings. The van der Waals surface area contributed by atoms with E-state index in [1.165, 1.54) is 11.1 Å². The van der Waals surface area contributed by atoms with E-state index in [1.807, 2.05) is 42.5 Å². The number of para-hydroxylation sites is 4. The van der Waals surface area contributed by atoms with E-state index in [0.29, 0.717) is 22.7 Å². The Morgan fingerprint density at radius 1 is 0.380 bits per heavy atom. The fraction of sp³-hybridized carbons (Fsp3) is 0.141. The van der Waals surface area contributed by atoms with Gasteiger partial charge in [0, 0.05) is 72.3 Å². The zero-order valence-electron chi connectivity index (χ0n) is 60.8. The van der Waals surface area contributed by atoms with Crippen LogP contribution in [0.2, 0.25) is 0 Å². The summed E-state index contributed by atoms with van der Waals surface area (Å²) in [6.45, 7) is 19.8. The molecule has 0 spiro atoms. The van der Waals surface area contributed by atoms with Crippen LogP contribution in [-0.2, 0) is 16.2 Å². The van der Waals surface area contributed by atoms with Crippen LogP contribution in [-0.4, -0.2) is 20.4 Å². The standard InChI is InChI=1S/C85H68BN5O/c1-83(2,3)55-32-40-75(65(46-55)53-21-11-10-12-22-53)91-78-49-58(88-76-41-33-56(84(4,5)6)47-66(76)67-48-57(85(7,8)9)34-42-77(67)88)35-37-68(78)86-69-38-36-59(89-70-27-17-13-23-60(70)61-24-14-18-28-71(61)89)50-80(69)92-81-45-54(44-79(91)82(81)86)64-43-52(51-87)31-39-74(64)90-72-29-19-15-25-62(72)63-26-16-20-30-73(63)90/h10-50H,1-9H3/i13D,14D,17D,18D,23D,24D,27D,28D. The quantitative estimate of drug-likeness (QED) is 0.156. The lowest BCUT2D eigenvalue weighted by atomic mass is 9.34. The largest absolute Gasteiger partial charge is 0.458 e. The summed E-state index contributed by atoms with van der Waals surface area (Å²) in [4.78, 5) is 2.42. The molecule has 3 aromatic heterocycles. The van der Waals surface area contributed by atoms with Crippen LogP contribution in [0.4, 0.5) is 17.1 Å². The van der Waals surface area contributed by atoms with E-state index < -0.39 is 55.1 Å². The summed E-state index contributed by atoms with van der Waals surface area (Å²) >= 11 is 0. The molecule has 0 saturated heterocycles. The molecule has 0 fully saturated rings. The number of nitrogens with zero attached hydrogens (tertiary/aromatic N) is 5. The topological polar surface area (TPSA) is 51.1 Å². The average Bonchev–Trinajstić information content (AvgIpc) is 1.06. The summed E-state index contributed by atoms with van der Waals surface area (Å²) in [6.07, 6.45) is 0. The van der Waals surface area contributed by atoms with Gasteiger partial charge in [0.05, 0.1) is 67.1 Å². The molecule has 17 rings (SSSR count). The van der Waals surface area contributed by atoms with Crippen LogP contribution in [0.25, 0.3) is 105 Å². The molecular weight excluding hydrogens is 1120 g/mol. The van der Waals surface area contributed by atoms with Crippen molar-refractivity contribution in [2.75, 3.05) is 4.90 Å². The van der Waals surface area contributed by atoms with E-state index in [0.717, 1.165) is 116 Å². The molecule has 0 radical (unpaired) electrons. The molecule has 0 amide bonds. The summed E-state index contributed by atoms with van der Waals surface area (Å²) in [6, 6.07) is 69.7. The molecule has 7 heteroatoms. The maximum Gasteiger partial charge on any atom is 0.256 e. The van der Waals surface area contributed by atoms with Gasteiger partial charge in [-0.2, -0.15) is 5.26 Å². The van der Waals surface area contributed by atoms with Crippen LogP contribution in [0.15, 0.2) is 249 Å². The molecule has 0 aliphatic carbocycles. The number of benzene rings is 12. The highest BCUT2D eigenvalue weighted by molar-refractivity contribution is 6.99. The van der Waals surface area contributed by atoms with Crippen molar-refractivity contribution in [1.29, 1.82) is 5.26 Å². The van der Waals surface area contributed by atoms with E-state index in [-0.39, 0.29) is 38.1 Å². The molecule has 0 unspecified atom stereocenters. The van der Waals surface area contributed by atoms with E-state index in [9.17, 15) is 10.7 Å². The van der Waals surface area contributed by atoms with Crippen LogP contribution in [0.5, 0.6) is 11.5 Å². The van der Waals surface area contributed by atoms with Crippen molar-refractivity contribution in [2.24, 2.45) is 0 Å². The maximum absolute atomic E-state index is 11.0. The minimum Gasteiger partial charge on any atom is -0.458 e. The second kappa shape index (κ2) is 20.1. The Morgan fingerprint density at radius 2 is 0.902 bits per heavy atom.